The molecule has 0 aromatic rings. The quantitative estimate of drug-likeness (QED) is 0.572. The molecule has 1 aliphatic rings. The minimum atomic E-state index is 0.529. The number of hydrazone groups is 1. The van der Waals surface area contributed by atoms with Crippen molar-refractivity contribution in [3.8, 4) is 0 Å². The SMILES string of the molecule is CCCCCCN1N=CN(CC)C1CCCC. The molecule has 0 aromatic heterocycles. The number of nitrogens with zero attached hydrogens (tertiary/aromatic N) is 3. The smallest absolute Gasteiger partial charge is 0.119 e. The van der Waals surface area contributed by atoms with Gasteiger partial charge in [0.2, 0.25) is 0 Å². The molecule has 0 aromatic carbocycles. The van der Waals surface area contributed by atoms with E-state index in [1.165, 1.54) is 44.9 Å². The van der Waals surface area contributed by atoms with Crippen LogP contribution in [-0.4, -0.2) is 35.5 Å². The molecular formula is C14H29N3. The lowest BCUT2D eigenvalue weighted by molar-refractivity contribution is 0.121. The van der Waals surface area contributed by atoms with Crippen LogP contribution in [0.3, 0.4) is 0 Å². The summed E-state index contributed by atoms with van der Waals surface area (Å²) >= 11 is 0. The second-order valence-electron chi connectivity index (χ2n) is 4.91. The summed E-state index contributed by atoms with van der Waals surface area (Å²) in [4.78, 5) is 2.37. The highest BCUT2D eigenvalue weighted by Crippen LogP contribution is 2.18. The van der Waals surface area contributed by atoms with Gasteiger partial charge in [-0.15, -0.1) is 0 Å². The molecule has 1 aliphatic heterocycles. The molecule has 1 rings (SSSR count). The third-order valence-corrected chi connectivity index (χ3v) is 3.50. The fourth-order valence-electron chi connectivity index (χ4n) is 2.36. The maximum Gasteiger partial charge on any atom is 0.119 e. The van der Waals surface area contributed by atoms with Gasteiger partial charge in [0.15, 0.2) is 0 Å². The lowest BCUT2D eigenvalue weighted by Gasteiger charge is -2.30. The molecule has 1 unspecified atom stereocenters. The molecule has 0 saturated heterocycles. The normalized spacial score (nSPS) is 19.4. The van der Waals surface area contributed by atoms with E-state index in [2.05, 4.69) is 35.8 Å². The van der Waals surface area contributed by atoms with E-state index in [4.69, 9.17) is 0 Å². The van der Waals surface area contributed by atoms with Crippen molar-refractivity contribution in [1.29, 1.82) is 0 Å². The molecule has 0 saturated carbocycles. The Morgan fingerprint density at radius 2 is 1.76 bits per heavy atom. The van der Waals surface area contributed by atoms with E-state index in [0.717, 1.165) is 13.1 Å². The van der Waals surface area contributed by atoms with Gasteiger partial charge >= 0.3 is 0 Å². The minimum Gasteiger partial charge on any atom is -0.340 e. The van der Waals surface area contributed by atoms with Crippen molar-refractivity contribution in [1.82, 2.24) is 9.91 Å². The average Bonchev–Trinajstić information content (AvgIpc) is 2.74. The van der Waals surface area contributed by atoms with E-state index in [9.17, 15) is 0 Å². The molecule has 0 radical (unpaired) electrons. The predicted octanol–water partition coefficient (Wildman–Crippen LogP) is 3.66. The van der Waals surface area contributed by atoms with Crippen LogP contribution in [0, 0.1) is 0 Å². The molecule has 0 amide bonds. The molecule has 3 heteroatoms. The maximum absolute atomic E-state index is 4.55. The lowest BCUT2D eigenvalue weighted by atomic mass is 10.1. The molecule has 1 heterocycles. The molecule has 0 aliphatic carbocycles. The molecule has 1 atom stereocenters. The fourth-order valence-corrected chi connectivity index (χ4v) is 2.36. The van der Waals surface area contributed by atoms with Crippen LogP contribution in [0.25, 0.3) is 0 Å². The van der Waals surface area contributed by atoms with E-state index >= 15 is 0 Å². The molecule has 0 spiro atoms. The van der Waals surface area contributed by atoms with Crippen molar-refractivity contribution >= 4 is 6.34 Å². The molecule has 100 valence electrons. The summed E-state index contributed by atoms with van der Waals surface area (Å²) in [6.45, 7) is 8.94. The Bertz CT molecular complexity index is 216. The van der Waals surface area contributed by atoms with E-state index < -0.39 is 0 Å². The number of hydrogen-bond acceptors (Lipinski definition) is 3. The van der Waals surface area contributed by atoms with Crippen LogP contribution in [0.15, 0.2) is 5.10 Å². The Hall–Kier alpha value is -0.730. The van der Waals surface area contributed by atoms with Crippen LogP contribution in [-0.2, 0) is 0 Å². The zero-order valence-corrected chi connectivity index (χ0v) is 11.9. The summed E-state index contributed by atoms with van der Waals surface area (Å²) < 4.78 is 0. The standard InChI is InChI=1S/C14H29N3/c1-4-7-9-10-12-17-14(11-8-5-2)16(6-3)13-15-17/h13-14H,4-12H2,1-3H3. The Kier molecular flexibility index (Phi) is 7.06. The van der Waals surface area contributed by atoms with Gasteiger partial charge in [-0.25, -0.2) is 0 Å². The van der Waals surface area contributed by atoms with E-state index in [-0.39, 0.29) is 0 Å². The number of unbranched alkanes of at least 4 members (excludes halogenated alkanes) is 4. The number of rotatable bonds is 9. The Morgan fingerprint density at radius 3 is 2.41 bits per heavy atom. The van der Waals surface area contributed by atoms with Gasteiger partial charge in [-0.1, -0.05) is 39.5 Å². The van der Waals surface area contributed by atoms with E-state index in [0.29, 0.717) is 6.17 Å². The highest BCUT2D eigenvalue weighted by molar-refractivity contribution is 5.56. The molecular weight excluding hydrogens is 210 g/mol. The van der Waals surface area contributed by atoms with Crippen LogP contribution >= 0.6 is 0 Å². The topological polar surface area (TPSA) is 18.8 Å². The lowest BCUT2D eigenvalue weighted by Crippen LogP contribution is -2.39. The maximum atomic E-state index is 4.55. The van der Waals surface area contributed by atoms with Gasteiger partial charge in [0.25, 0.3) is 0 Å². The second-order valence-corrected chi connectivity index (χ2v) is 4.91. The highest BCUT2D eigenvalue weighted by Gasteiger charge is 2.25. The first-order valence-electron chi connectivity index (χ1n) is 7.39. The van der Waals surface area contributed by atoms with Gasteiger partial charge in [-0.2, -0.15) is 5.10 Å². The van der Waals surface area contributed by atoms with Crippen LogP contribution in [0.4, 0.5) is 0 Å². The zero-order chi connectivity index (χ0) is 12.5. The summed E-state index contributed by atoms with van der Waals surface area (Å²) in [6.07, 6.45) is 11.7. The first kappa shape index (κ1) is 14.3. The Labute approximate surface area is 107 Å². The minimum absolute atomic E-state index is 0.529. The third-order valence-electron chi connectivity index (χ3n) is 3.50. The average molecular weight is 239 g/mol. The summed E-state index contributed by atoms with van der Waals surface area (Å²) in [6, 6.07) is 0. The van der Waals surface area contributed by atoms with Crippen LogP contribution in [0.2, 0.25) is 0 Å². The molecule has 0 N–H and O–H groups in total. The predicted molar refractivity (Wildman–Crippen MR) is 75.0 cm³/mol. The molecule has 0 bridgehead atoms. The summed E-state index contributed by atoms with van der Waals surface area (Å²) in [7, 11) is 0. The summed E-state index contributed by atoms with van der Waals surface area (Å²) in [5.41, 5.74) is 0. The Morgan fingerprint density at radius 1 is 1.00 bits per heavy atom. The van der Waals surface area contributed by atoms with Crippen molar-refractivity contribution in [2.75, 3.05) is 13.1 Å². The van der Waals surface area contributed by atoms with Gasteiger partial charge in [0.05, 0.1) is 0 Å². The van der Waals surface area contributed by atoms with Crippen molar-refractivity contribution in [3.05, 3.63) is 0 Å². The fraction of sp³-hybridized carbons (Fsp3) is 0.929. The van der Waals surface area contributed by atoms with E-state index in [1.54, 1.807) is 0 Å². The highest BCUT2D eigenvalue weighted by atomic mass is 15.6. The van der Waals surface area contributed by atoms with Gasteiger partial charge in [-0.05, 0) is 26.2 Å². The van der Waals surface area contributed by atoms with Gasteiger partial charge in [0.1, 0.15) is 12.5 Å². The monoisotopic (exact) mass is 239 g/mol. The molecule has 3 nitrogen and oxygen atoms in total. The Balaban J connectivity index is 2.32. The summed E-state index contributed by atoms with van der Waals surface area (Å²) in [5, 5.41) is 6.85. The van der Waals surface area contributed by atoms with Crippen molar-refractivity contribution in [2.45, 2.75) is 71.9 Å². The van der Waals surface area contributed by atoms with E-state index in [1.807, 2.05) is 6.34 Å². The van der Waals surface area contributed by atoms with Gasteiger partial charge < -0.3 is 4.90 Å². The third kappa shape index (κ3) is 4.57. The van der Waals surface area contributed by atoms with Crippen LogP contribution < -0.4 is 0 Å². The molecule has 17 heavy (non-hydrogen) atoms. The van der Waals surface area contributed by atoms with Gasteiger partial charge in [0, 0.05) is 13.1 Å². The molecule has 0 fully saturated rings. The number of hydrogen-bond donors (Lipinski definition) is 0. The van der Waals surface area contributed by atoms with Crippen molar-refractivity contribution in [2.24, 2.45) is 5.10 Å². The first-order valence-corrected chi connectivity index (χ1v) is 7.39. The largest absolute Gasteiger partial charge is 0.340 e. The summed E-state index contributed by atoms with van der Waals surface area (Å²) in [5.74, 6) is 0. The van der Waals surface area contributed by atoms with Gasteiger partial charge in [-0.3, -0.25) is 5.01 Å². The second kappa shape index (κ2) is 8.37. The zero-order valence-electron chi connectivity index (χ0n) is 11.9. The van der Waals surface area contributed by atoms with Crippen molar-refractivity contribution < 1.29 is 0 Å². The first-order chi connectivity index (χ1) is 8.33. The van der Waals surface area contributed by atoms with Crippen LogP contribution in [0.1, 0.15) is 65.7 Å². The van der Waals surface area contributed by atoms with Crippen molar-refractivity contribution in [3.63, 3.8) is 0 Å². The van der Waals surface area contributed by atoms with Crippen LogP contribution in [0.5, 0.6) is 0 Å².